The van der Waals surface area contributed by atoms with Crippen molar-refractivity contribution < 1.29 is 9.53 Å². The molecule has 2 aromatic carbocycles. The SMILES string of the molecule is CC(C)(C)N1CCN(Cc2ccc(C(=O)Nc3ccc(OCc4ncccc4C#N)c(Cl)c3)cc2)CC1. The molecule has 1 fully saturated rings. The number of carbonyl (C=O) groups is 1. The number of rotatable bonds is 7. The molecule has 0 spiro atoms. The van der Waals surface area contributed by atoms with Crippen LogP contribution in [0.25, 0.3) is 0 Å². The lowest BCUT2D eigenvalue weighted by molar-refractivity contribution is 0.0591. The van der Waals surface area contributed by atoms with Crippen molar-refractivity contribution in [2.24, 2.45) is 0 Å². The zero-order valence-corrected chi connectivity index (χ0v) is 22.3. The van der Waals surface area contributed by atoms with E-state index < -0.39 is 0 Å². The summed E-state index contributed by atoms with van der Waals surface area (Å²) in [6.07, 6.45) is 1.61. The highest BCUT2D eigenvalue weighted by atomic mass is 35.5. The number of amides is 1. The summed E-state index contributed by atoms with van der Waals surface area (Å²) in [7, 11) is 0. The zero-order chi connectivity index (χ0) is 26.4. The molecule has 1 aliphatic heterocycles. The number of carbonyl (C=O) groups excluding carboxylic acids is 1. The molecular weight excluding hydrogens is 486 g/mol. The second kappa shape index (κ2) is 11.7. The summed E-state index contributed by atoms with van der Waals surface area (Å²) in [5, 5.41) is 12.4. The Hall–Kier alpha value is -3.44. The van der Waals surface area contributed by atoms with Crippen LogP contribution in [0.5, 0.6) is 5.75 Å². The maximum atomic E-state index is 12.8. The molecule has 1 amide bonds. The van der Waals surface area contributed by atoms with Crippen LogP contribution in [0.3, 0.4) is 0 Å². The predicted octanol–water partition coefficient (Wildman–Crippen LogP) is 5.35. The molecule has 4 rings (SSSR count). The normalized spacial score (nSPS) is 14.7. The summed E-state index contributed by atoms with van der Waals surface area (Å²) >= 11 is 6.38. The van der Waals surface area contributed by atoms with Gasteiger partial charge in [-0.1, -0.05) is 23.7 Å². The van der Waals surface area contributed by atoms with Crippen molar-refractivity contribution >= 4 is 23.2 Å². The summed E-state index contributed by atoms with van der Waals surface area (Å²) in [5.74, 6) is 0.240. The minimum absolute atomic E-state index is 0.119. The quantitative estimate of drug-likeness (QED) is 0.454. The Labute approximate surface area is 223 Å². The Morgan fingerprint density at radius 3 is 2.49 bits per heavy atom. The number of hydrogen-bond donors (Lipinski definition) is 1. The van der Waals surface area contributed by atoms with E-state index in [0.717, 1.165) is 32.7 Å². The number of hydrogen-bond acceptors (Lipinski definition) is 6. The van der Waals surface area contributed by atoms with Crippen LogP contribution in [0.1, 0.15) is 48.0 Å². The van der Waals surface area contributed by atoms with E-state index in [0.29, 0.717) is 33.3 Å². The van der Waals surface area contributed by atoms with Crippen molar-refractivity contribution in [2.45, 2.75) is 39.5 Å². The summed E-state index contributed by atoms with van der Waals surface area (Å²) in [6.45, 7) is 12.0. The first-order valence-electron chi connectivity index (χ1n) is 12.4. The zero-order valence-electron chi connectivity index (χ0n) is 21.5. The van der Waals surface area contributed by atoms with Gasteiger partial charge in [-0.3, -0.25) is 19.6 Å². The first kappa shape index (κ1) is 26.6. The Kier molecular flexibility index (Phi) is 8.45. The van der Waals surface area contributed by atoms with E-state index in [1.807, 2.05) is 24.3 Å². The van der Waals surface area contributed by atoms with E-state index in [-0.39, 0.29) is 18.1 Å². The molecule has 0 aliphatic carbocycles. The van der Waals surface area contributed by atoms with Gasteiger partial charge < -0.3 is 10.1 Å². The lowest BCUT2D eigenvalue weighted by atomic mass is 10.0. The average molecular weight is 518 g/mol. The van der Waals surface area contributed by atoms with Gasteiger partial charge in [0.15, 0.2) is 0 Å². The van der Waals surface area contributed by atoms with Gasteiger partial charge in [0.05, 0.1) is 16.3 Å². The minimum Gasteiger partial charge on any atom is -0.486 e. The van der Waals surface area contributed by atoms with Crippen molar-refractivity contribution in [3.05, 3.63) is 88.2 Å². The molecule has 1 aromatic heterocycles. The molecule has 0 atom stereocenters. The fourth-order valence-corrected chi connectivity index (χ4v) is 4.53. The highest BCUT2D eigenvalue weighted by molar-refractivity contribution is 6.32. The number of piperazine rings is 1. The van der Waals surface area contributed by atoms with E-state index in [9.17, 15) is 10.1 Å². The third-order valence-corrected chi connectivity index (χ3v) is 6.80. The smallest absolute Gasteiger partial charge is 0.255 e. The topological polar surface area (TPSA) is 81.5 Å². The van der Waals surface area contributed by atoms with Gasteiger partial charge in [0.25, 0.3) is 5.91 Å². The van der Waals surface area contributed by atoms with Gasteiger partial charge in [-0.05, 0) is 68.8 Å². The number of aromatic nitrogens is 1. The molecule has 8 heteroatoms. The highest BCUT2D eigenvalue weighted by Crippen LogP contribution is 2.29. The van der Waals surface area contributed by atoms with Gasteiger partial charge in [-0.15, -0.1) is 0 Å². The molecule has 37 heavy (non-hydrogen) atoms. The minimum atomic E-state index is -0.206. The number of benzene rings is 2. The van der Waals surface area contributed by atoms with Gasteiger partial charge >= 0.3 is 0 Å². The number of anilines is 1. The van der Waals surface area contributed by atoms with Crippen LogP contribution in [-0.2, 0) is 13.2 Å². The monoisotopic (exact) mass is 517 g/mol. The van der Waals surface area contributed by atoms with Crippen LogP contribution in [0, 0.1) is 11.3 Å². The fraction of sp³-hybridized carbons (Fsp3) is 0.345. The second-order valence-electron chi connectivity index (χ2n) is 10.1. The van der Waals surface area contributed by atoms with Gasteiger partial charge in [0, 0.05) is 55.7 Å². The summed E-state index contributed by atoms with van der Waals surface area (Å²) < 4.78 is 5.74. The number of halogens is 1. The fourth-order valence-electron chi connectivity index (χ4n) is 4.30. The summed E-state index contributed by atoms with van der Waals surface area (Å²) in [6, 6.07) is 18.3. The summed E-state index contributed by atoms with van der Waals surface area (Å²) in [5.41, 5.74) is 3.54. The van der Waals surface area contributed by atoms with Crippen LogP contribution in [-0.4, -0.2) is 52.4 Å². The molecule has 2 heterocycles. The van der Waals surface area contributed by atoms with Crippen molar-refractivity contribution in [3.63, 3.8) is 0 Å². The summed E-state index contributed by atoms with van der Waals surface area (Å²) in [4.78, 5) is 21.9. The second-order valence-corrected chi connectivity index (χ2v) is 10.5. The van der Waals surface area contributed by atoms with Crippen molar-refractivity contribution in [1.82, 2.24) is 14.8 Å². The number of nitriles is 1. The molecule has 192 valence electrons. The van der Waals surface area contributed by atoms with Crippen LogP contribution in [0.4, 0.5) is 5.69 Å². The Morgan fingerprint density at radius 1 is 1.11 bits per heavy atom. The number of nitrogens with one attached hydrogen (secondary N) is 1. The van der Waals surface area contributed by atoms with Gasteiger partial charge in [0.2, 0.25) is 0 Å². The van der Waals surface area contributed by atoms with E-state index in [2.05, 4.69) is 46.9 Å². The predicted molar refractivity (Wildman–Crippen MR) is 146 cm³/mol. The largest absolute Gasteiger partial charge is 0.486 e. The lowest BCUT2D eigenvalue weighted by Gasteiger charge is -2.42. The number of ether oxygens (including phenoxy) is 1. The van der Waals surface area contributed by atoms with Crippen LogP contribution < -0.4 is 10.1 Å². The van der Waals surface area contributed by atoms with Crippen LogP contribution in [0.2, 0.25) is 5.02 Å². The molecule has 0 unspecified atom stereocenters. The molecule has 3 aromatic rings. The molecule has 1 N–H and O–H groups in total. The van der Waals surface area contributed by atoms with E-state index in [1.165, 1.54) is 5.56 Å². The van der Waals surface area contributed by atoms with Gasteiger partial charge in [0.1, 0.15) is 18.4 Å². The maximum absolute atomic E-state index is 12.8. The average Bonchev–Trinajstić information content (AvgIpc) is 2.88. The third-order valence-electron chi connectivity index (χ3n) is 6.51. The standard InChI is InChI=1S/C29H32ClN5O2/c1-29(2,3)35-15-13-34(14-16-35)19-21-6-8-22(9-7-21)28(36)33-24-10-11-27(25(30)17-24)37-20-26-23(18-31)5-4-12-32-26/h4-12,17H,13-16,19-20H2,1-3H3,(H,33,36). The number of nitrogens with zero attached hydrogens (tertiary/aromatic N) is 4. The highest BCUT2D eigenvalue weighted by Gasteiger charge is 2.25. The Morgan fingerprint density at radius 2 is 1.84 bits per heavy atom. The van der Waals surface area contributed by atoms with Crippen molar-refractivity contribution in [1.29, 1.82) is 5.26 Å². The van der Waals surface area contributed by atoms with Crippen LogP contribution in [0.15, 0.2) is 60.8 Å². The first-order valence-corrected chi connectivity index (χ1v) is 12.7. The van der Waals surface area contributed by atoms with E-state index in [1.54, 1.807) is 36.5 Å². The van der Waals surface area contributed by atoms with Gasteiger partial charge in [-0.25, -0.2) is 0 Å². The maximum Gasteiger partial charge on any atom is 0.255 e. The van der Waals surface area contributed by atoms with Crippen LogP contribution >= 0.6 is 11.6 Å². The lowest BCUT2D eigenvalue weighted by Crippen LogP contribution is -2.53. The van der Waals surface area contributed by atoms with Crippen molar-refractivity contribution in [2.75, 3.05) is 31.5 Å². The molecule has 0 radical (unpaired) electrons. The molecule has 1 aliphatic rings. The molecule has 1 saturated heterocycles. The van der Waals surface area contributed by atoms with E-state index in [4.69, 9.17) is 16.3 Å². The molecular formula is C29H32ClN5O2. The van der Waals surface area contributed by atoms with Gasteiger partial charge in [-0.2, -0.15) is 5.26 Å². The number of pyridine rings is 1. The van der Waals surface area contributed by atoms with E-state index >= 15 is 0 Å². The van der Waals surface area contributed by atoms with Crippen molar-refractivity contribution in [3.8, 4) is 11.8 Å². The molecule has 0 saturated carbocycles. The Bertz CT molecular complexity index is 1270. The molecule has 7 nitrogen and oxygen atoms in total. The molecule has 0 bridgehead atoms. The Balaban J connectivity index is 1.30. The first-order chi connectivity index (χ1) is 17.7. The third kappa shape index (κ3) is 7.07.